The number of nitrogens with zero attached hydrogens (tertiary/aromatic N) is 3. The van der Waals surface area contributed by atoms with Crippen molar-refractivity contribution in [3.05, 3.63) is 18.0 Å². The fraction of sp³-hybridized carbons (Fsp3) is 0.727. The molecule has 0 bridgehead atoms. The zero-order chi connectivity index (χ0) is 10.7. The van der Waals surface area contributed by atoms with Crippen LogP contribution in [0.3, 0.4) is 0 Å². The molecular formula is C11H20N4. The highest BCUT2D eigenvalue weighted by Crippen LogP contribution is 2.10. The van der Waals surface area contributed by atoms with Crippen LogP contribution < -0.4 is 5.32 Å². The fourth-order valence-corrected chi connectivity index (χ4v) is 1.97. The molecule has 1 aromatic rings. The summed E-state index contributed by atoms with van der Waals surface area (Å²) in [5, 5.41) is 7.75. The monoisotopic (exact) mass is 208 g/mol. The molecule has 2 heterocycles. The molecule has 15 heavy (non-hydrogen) atoms. The predicted octanol–water partition coefficient (Wildman–Crippen LogP) is 0.604. The van der Waals surface area contributed by atoms with Gasteiger partial charge >= 0.3 is 0 Å². The molecule has 4 heteroatoms. The first-order valence-electron chi connectivity index (χ1n) is 5.73. The van der Waals surface area contributed by atoms with E-state index < -0.39 is 0 Å². The van der Waals surface area contributed by atoms with Gasteiger partial charge in [0.1, 0.15) is 0 Å². The van der Waals surface area contributed by atoms with Crippen LogP contribution in [0, 0.1) is 0 Å². The maximum Gasteiger partial charge on any atom is 0.0764 e. The number of rotatable bonds is 5. The second-order valence-corrected chi connectivity index (χ2v) is 4.26. The largest absolute Gasteiger partial charge is 0.314 e. The van der Waals surface area contributed by atoms with Gasteiger partial charge in [-0.2, -0.15) is 5.10 Å². The summed E-state index contributed by atoms with van der Waals surface area (Å²) in [5.74, 6) is 0. The van der Waals surface area contributed by atoms with Crippen molar-refractivity contribution in [2.24, 2.45) is 7.05 Å². The Labute approximate surface area is 91.3 Å². The summed E-state index contributed by atoms with van der Waals surface area (Å²) < 4.78 is 1.87. The van der Waals surface area contributed by atoms with Crippen LogP contribution in [0.2, 0.25) is 0 Å². The van der Waals surface area contributed by atoms with Crippen LogP contribution >= 0.6 is 0 Å². The normalized spacial score (nSPS) is 17.0. The van der Waals surface area contributed by atoms with Crippen molar-refractivity contribution in [3.63, 3.8) is 0 Å². The van der Waals surface area contributed by atoms with Gasteiger partial charge in [0.2, 0.25) is 0 Å². The number of nitrogens with one attached hydrogen (secondary N) is 1. The van der Waals surface area contributed by atoms with Crippen LogP contribution in [-0.2, 0) is 13.6 Å². The van der Waals surface area contributed by atoms with Gasteiger partial charge in [0.05, 0.1) is 5.69 Å². The molecule has 1 N–H and O–H groups in total. The van der Waals surface area contributed by atoms with Gasteiger partial charge in [-0.3, -0.25) is 9.58 Å². The quantitative estimate of drug-likeness (QED) is 0.769. The molecule has 84 valence electrons. The summed E-state index contributed by atoms with van der Waals surface area (Å²) in [5.41, 5.74) is 1.18. The lowest BCUT2D eigenvalue weighted by Gasteiger charge is -2.37. The molecule has 1 aliphatic heterocycles. The summed E-state index contributed by atoms with van der Waals surface area (Å²) in [4.78, 5) is 2.53. The van der Waals surface area contributed by atoms with E-state index in [0.717, 1.165) is 19.6 Å². The fourth-order valence-electron chi connectivity index (χ4n) is 1.97. The lowest BCUT2D eigenvalue weighted by molar-refractivity contribution is 0.136. The molecule has 1 aliphatic rings. The molecule has 0 aromatic carbocycles. The van der Waals surface area contributed by atoms with E-state index in [0.29, 0.717) is 6.04 Å². The molecule has 1 aromatic heterocycles. The van der Waals surface area contributed by atoms with Crippen molar-refractivity contribution >= 4 is 0 Å². The first-order valence-corrected chi connectivity index (χ1v) is 5.73. The van der Waals surface area contributed by atoms with E-state index in [2.05, 4.69) is 28.3 Å². The highest BCUT2D eigenvalue weighted by atomic mass is 15.3. The van der Waals surface area contributed by atoms with Crippen LogP contribution in [0.4, 0.5) is 0 Å². The van der Waals surface area contributed by atoms with E-state index in [1.807, 2.05) is 17.9 Å². The third kappa shape index (κ3) is 2.58. The lowest BCUT2D eigenvalue weighted by Crippen LogP contribution is -2.57. The Morgan fingerprint density at radius 2 is 2.40 bits per heavy atom. The summed E-state index contributed by atoms with van der Waals surface area (Å²) in [6, 6.07) is 2.82. The van der Waals surface area contributed by atoms with Crippen molar-refractivity contribution in [1.29, 1.82) is 0 Å². The highest BCUT2D eigenvalue weighted by Gasteiger charge is 2.24. The average molecular weight is 208 g/mol. The summed E-state index contributed by atoms with van der Waals surface area (Å²) in [6.07, 6.45) is 3.22. The number of aromatic nitrogens is 2. The second-order valence-electron chi connectivity index (χ2n) is 4.26. The molecule has 0 atom stereocenters. The van der Waals surface area contributed by atoms with E-state index >= 15 is 0 Å². The zero-order valence-corrected chi connectivity index (χ0v) is 9.61. The van der Waals surface area contributed by atoms with Crippen LogP contribution in [0.5, 0.6) is 0 Å². The summed E-state index contributed by atoms with van der Waals surface area (Å²) >= 11 is 0. The van der Waals surface area contributed by atoms with E-state index in [1.165, 1.54) is 18.7 Å². The van der Waals surface area contributed by atoms with Gasteiger partial charge in [0.25, 0.3) is 0 Å². The lowest BCUT2D eigenvalue weighted by atomic mass is 10.1. The Morgan fingerprint density at radius 3 is 2.87 bits per heavy atom. The molecule has 1 fully saturated rings. The Balaban J connectivity index is 1.93. The maximum absolute atomic E-state index is 4.43. The molecule has 2 rings (SSSR count). The molecule has 0 aliphatic carbocycles. The SMILES string of the molecule is CCCN(Cc1ccn(C)n1)C1CNC1. The van der Waals surface area contributed by atoms with E-state index in [1.54, 1.807) is 0 Å². The molecule has 4 nitrogen and oxygen atoms in total. The van der Waals surface area contributed by atoms with Crippen molar-refractivity contribution in [2.75, 3.05) is 19.6 Å². The summed E-state index contributed by atoms with van der Waals surface area (Å²) in [7, 11) is 1.97. The smallest absolute Gasteiger partial charge is 0.0764 e. The van der Waals surface area contributed by atoms with E-state index in [-0.39, 0.29) is 0 Å². The van der Waals surface area contributed by atoms with E-state index in [4.69, 9.17) is 0 Å². The van der Waals surface area contributed by atoms with Crippen LogP contribution in [0.25, 0.3) is 0 Å². The minimum Gasteiger partial charge on any atom is -0.314 e. The molecule has 1 saturated heterocycles. The zero-order valence-electron chi connectivity index (χ0n) is 9.61. The number of aryl methyl sites for hydroxylation is 1. The Morgan fingerprint density at radius 1 is 1.60 bits per heavy atom. The first-order chi connectivity index (χ1) is 7.29. The number of hydrogen-bond donors (Lipinski definition) is 1. The van der Waals surface area contributed by atoms with E-state index in [9.17, 15) is 0 Å². The minimum atomic E-state index is 0.715. The summed E-state index contributed by atoms with van der Waals surface area (Å²) in [6.45, 7) is 6.65. The van der Waals surface area contributed by atoms with Gasteiger partial charge in [-0.15, -0.1) is 0 Å². The predicted molar refractivity (Wildman–Crippen MR) is 60.6 cm³/mol. The van der Waals surface area contributed by atoms with Crippen molar-refractivity contribution in [3.8, 4) is 0 Å². The van der Waals surface area contributed by atoms with Crippen LogP contribution in [-0.4, -0.2) is 40.4 Å². The van der Waals surface area contributed by atoms with Crippen LogP contribution in [0.1, 0.15) is 19.0 Å². The van der Waals surface area contributed by atoms with Gasteiger partial charge in [-0.1, -0.05) is 6.92 Å². The molecule has 0 unspecified atom stereocenters. The topological polar surface area (TPSA) is 33.1 Å². The second kappa shape index (κ2) is 4.77. The van der Waals surface area contributed by atoms with Crippen LogP contribution in [0.15, 0.2) is 12.3 Å². The van der Waals surface area contributed by atoms with Gasteiger partial charge in [0, 0.05) is 38.9 Å². The van der Waals surface area contributed by atoms with Crippen molar-refractivity contribution in [1.82, 2.24) is 20.0 Å². The standard InChI is InChI=1S/C11H20N4/c1-3-5-15(11-7-12-8-11)9-10-4-6-14(2)13-10/h4,6,11-12H,3,5,7-9H2,1-2H3. The minimum absolute atomic E-state index is 0.715. The first kappa shape index (κ1) is 10.6. The third-order valence-electron chi connectivity index (χ3n) is 2.92. The van der Waals surface area contributed by atoms with Gasteiger partial charge < -0.3 is 5.32 Å². The molecule has 0 radical (unpaired) electrons. The molecular weight excluding hydrogens is 188 g/mol. The Kier molecular flexibility index (Phi) is 3.38. The maximum atomic E-state index is 4.43. The van der Waals surface area contributed by atoms with Gasteiger partial charge in [-0.05, 0) is 19.0 Å². The Hall–Kier alpha value is -0.870. The van der Waals surface area contributed by atoms with Crippen molar-refractivity contribution in [2.45, 2.75) is 25.9 Å². The van der Waals surface area contributed by atoms with Gasteiger partial charge in [0.15, 0.2) is 0 Å². The van der Waals surface area contributed by atoms with Gasteiger partial charge in [-0.25, -0.2) is 0 Å². The van der Waals surface area contributed by atoms with Crippen molar-refractivity contribution < 1.29 is 0 Å². The Bertz CT molecular complexity index is 303. The molecule has 0 amide bonds. The highest BCUT2D eigenvalue weighted by molar-refractivity contribution is 5.00. The third-order valence-corrected chi connectivity index (χ3v) is 2.92. The average Bonchev–Trinajstić information content (AvgIpc) is 2.48. The molecule has 0 saturated carbocycles. The number of hydrogen-bond acceptors (Lipinski definition) is 3. The molecule has 0 spiro atoms.